The van der Waals surface area contributed by atoms with Gasteiger partial charge in [-0.15, -0.1) is 0 Å². The van der Waals surface area contributed by atoms with Crippen LogP contribution in [0.4, 0.5) is 0 Å². The van der Waals surface area contributed by atoms with Gasteiger partial charge in [0.2, 0.25) is 0 Å². The summed E-state index contributed by atoms with van der Waals surface area (Å²) >= 11 is 0. The number of piperidine rings is 2. The Kier molecular flexibility index (Phi) is 6.38. The summed E-state index contributed by atoms with van der Waals surface area (Å²) in [6.07, 6.45) is 2.87. The Morgan fingerprint density at radius 3 is 2.38 bits per heavy atom. The van der Waals surface area contributed by atoms with Gasteiger partial charge in [-0.3, -0.25) is 4.90 Å². The molecule has 26 heavy (non-hydrogen) atoms. The summed E-state index contributed by atoms with van der Waals surface area (Å²) in [6.45, 7) is 10.5. The van der Waals surface area contributed by atoms with Crippen LogP contribution in [0, 0.1) is 18.8 Å². The fraction of sp³-hybridized carbons (Fsp3) is 0.700. The number of nitrogens with one attached hydrogen (secondary N) is 1. The molecule has 0 spiro atoms. The van der Waals surface area contributed by atoms with Crippen LogP contribution < -0.4 is 4.72 Å². The highest BCUT2D eigenvalue weighted by molar-refractivity contribution is 7.87. The highest BCUT2D eigenvalue weighted by Gasteiger charge is 2.32. The van der Waals surface area contributed by atoms with Gasteiger partial charge in [-0.05, 0) is 43.6 Å². The zero-order chi connectivity index (χ0) is 18.7. The molecule has 146 valence electrons. The molecule has 3 rings (SSSR count). The SMILES string of the molecule is Cc1cccc(CN2CCC(NS(=O)(=O)N3C[C@H](C)C[C@@H](C)C3)CC2)c1. The second kappa shape index (κ2) is 8.38. The zero-order valence-corrected chi connectivity index (χ0v) is 17.1. The lowest BCUT2D eigenvalue weighted by atomic mass is 9.94. The van der Waals surface area contributed by atoms with Crippen molar-refractivity contribution in [2.24, 2.45) is 11.8 Å². The first-order chi connectivity index (χ1) is 12.3. The van der Waals surface area contributed by atoms with Crippen LogP contribution in [0.15, 0.2) is 24.3 Å². The van der Waals surface area contributed by atoms with Crippen molar-refractivity contribution < 1.29 is 8.42 Å². The first kappa shape index (κ1) is 19.8. The second-order valence-electron chi connectivity index (χ2n) is 8.43. The third kappa shape index (κ3) is 5.28. The Labute approximate surface area is 158 Å². The molecule has 2 heterocycles. The zero-order valence-electron chi connectivity index (χ0n) is 16.3. The van der Waals surface area contributed by atoms with E-state index in [1.54, 1.807) is 4.31 Å². The number of benzene rings is 1. The summed E-state index contributed by atoms with van der Waals surface area (Å²) < 4.78 is 30.1. The number of hydrogen-bond acceptors (Lipinski definition) is 3. The molecule has 1 N–H and O–H groups in total. The van der Waals surface area contributed by atoms with Crippen LogP contribution in [0.3, 0.4) is 0 Å². The third-order valence-corrected chi connectivity index (χ3v) is 7.18. The van der Waals surface area contributed by atoms with Gasteiger partial charge in [-0.2, -0.15) is 17.4 Å². The molecule has 1 aromatic rings. The van der Waals surface area contributed by atoms with Crippen molar-refractivity contribution in [3.63, 3.8) is 0 Å². The molecule has 2 aliphatic rings. The Bertz CT molecular complexity index is 689. The normalized spacial score (nSPS) is 26.9. The lowest BCUT2D eigenvalue weighted by molar-refractivity contribution is 0.193. The molecule has 0 saturated carbocycles. The quantitative estimate of drug-likeness (QED) is 0.856. The first-order valence-corrected chi connectivity index (χ1v) is 11.3. The van der Waals surface area contributed by atoms with Crippen molar-refractivity contribution in [2.75, 3.05) is 26.2 Å². The summed E-state index contributed by atoms with van der Waals surface area (Å²) in [5.74, 6) is 0.873. The van der Waals surface area contributed by atoms with Crippen LogP contribution in [0.2, 0.25) is 0 Å². The van der Waals surface area contributed by atoms with E-state index >= 15 is 0 Å². The predicted octanol–water partition coefficient (Wildman–Crippen LogP) is 2.77. The number of nitrogens with zero attached hydrogens (tertiary/aromatic N) is 2. The molecule has 0 radical (unpaired) electrons. The van der Waals surface area contributed by atoms with Crippen LogP contribution in [0.25, 0.3) is 0 Å². The minimum atomic E-state index is -3.37. The van der Waals surface area contributed by atoms with Gasteiger partial charge >= 0.3 is 0 Å². The minimum Gasteiger partial charge on any atom is -0.299 e. The van der Waals surface area contributed by atoms with E-state index in [0.717, 1.165) is 38.9 Å². The maximum absolute atomic E-state index is 12.8. The molecule has 6 heteroatoms. The molecule has 0 bridgehead atoms. The van der Waals surface area contributed by atoms with Gasteiger partial charge in [-0.25, -0.2) is 0 Å². The minimum absolute atomic E-state index is 0.0568. The predicted molar refractivity (Wildman–Crippen MR) is 106 cm³/mol. The van der Waals surface area contributed by atoms with E-state index < -0.39 is 10.2 Å². The number of hydrogen-bond donors (Lipinski definition) is 1. The highest BCUT2D eigenvalue weighted by atomic mass is 32.2. The average Bonchev–Trinajstić information content (AvgIpc) is 2.56. The van der Waals surface area contributed by atoms with Crippen LogP contribution in [0.5, 0.6) is 0 Å². The molecular weight excluding hydrogens is 346 g/mol. The van der Waals surface area contributed by atoms with E-state index in [9.17, 15) is 8.42 Å². The van der Waals surface area contributed by atoms with E-state index in [1.807, 2.05) is 0 Å². The molecule has 0 aliphatic carbocycles. The largest absolute Gasteiger partial charge is 0.299 e. The number of aryl methyl sites for hydroxylation is 1. The summed E-state index contributed by atoms with van der Waals surface area (Å²) in [4.78, 5) is 2.42. The maximum Gasteiger partial charge on any atom is 0.279 e. The fourth-order valence-electron chi connectivity index (χ4n) is 4.36. The van der Waals surface area contributed by atoms with E-state index in [2.05, 4.69) is 54.7 Å². The molecule has 1 aromatic carbocycles. The molecule has 0 unspecified atom stereocenters. The van der Waals surface area contributed by atoms with Gasteiger partial charge in [0.25, 0.3) is 10.2 Å². The molecule has 5 nitrogen and oxygen atoms in total. The summed E-state index contributed by atoms with van der Waals surface area (Å²) in [7, 11) is -3.37. The maximum atomic E-state index is 12.8. The van der Waals surface area contributed by atoms with Crippen molar-refractivity contribution in [1.82, 2.24) is 13.9 Å². The average molecular weight is 380 g/mol. The van der Waals surface area contributed by atoms with Crippen LogP contribution in [-0.4, -0.2) is 49.8 Å². The Balaban J connectivity index is 1.50. The van der Waals surface area contributed by atoms with Crippen molar-refractivity contribution in [3.05, 3.63) is 35.4 Å². The van der Waals surface area contributed by atoms with E-state index in [-0.39, 0.29) is 6.04 Å². The number of rotatable bonds is 5. The van der Waals surface area contributed by atoms with Crippen LogP contribution in [-0.2, 0) is 16.8 Å². The van der Waals surface area contributed by atoms with Gasteiger partial charge < -0.3 is 0 Å². The Hall–Kier alpha value is -0.950. The third-order valence-electron chi connectivity index (χ3n) is 5.57. The van der Waals surface area contributed by atoms with Crippen molar-refractivity contribution in [2.45, 2.75) is 52.6 Å². The standard InChI is InChI=1S/C20H33N3O2S/c1-16-5-4-6-19(12-16)15-22-9-7-20(8-10-22)21-26(24,25)23-13-17(2)11-18(3)14-23/h4-6,12,17-18,20-21H,7-11,13-15H2,1-3H3/t17-,18-/m1/s1. The summed E-state index contributed by atoms with van der Waals surface area (Å²) in [5.41, 5.74) is 2.62. The van der Waals surface area contributed by atoms with Crippen LogP contribution >= 0.6 is 0 Å². The van der Waals surface area contributed by atoms with Crippen molar-refractivity contribution in [3.8, 4) is 0 Å². The molecule has 2 fully saturated rings. The van der Waals surface area contributed by atoms with Gasteiger partial charge in [0.1, 0.15) is 0 Å². The molecular formula is C20H33N3O2S. The van der Waals surface area contributed by atoms with Gasteiger partial charge in [-0.1, -0.05) is 43.7 Å². The molecule has 2 atom stereocenters. The number of likely N-dealkylation sites (tertiary alicyclic amines) is 1. The van der Waals surface area contributed by atoms with Gasteiger partial charge in [0.05, 0.1) is 0 Å². The Morgan fingerprint density at radius 1 is 1.12 bits per heavy atom. The van der Waals surface area contributed by atoms with E-state index in [4.69, 9.17) is 0 Å². The lowest BCUT2D eigenvalue weighted by Crippen LogP contribution is -2.52. The smallest absolute Gasteiger partial charge is 0.279 e. The van der Waals surface area contributed by atoms with E-state index in [0.29, 0.717) is 24.9 Å². The van der Waals surface area contributed by atoms with Gasteiger partial charge in [0, 0.05) is 38.8 Å². The summed E-state index contributed by atoms with van der Waals surface area (Å²) in [5, 5.41) is 0. The molecule has 2 aliphatic heterocycles. The first-order valence-electron chi connectivity index (χ1n) is 9.87. The molecule has 0 aromatic heterocycles. The van der Waals surface area contributed by atoms with Gasteiger partial charge in [0.15, 0.2) is 0 Å². The van der Waals surface area contributed by atoms with Crippen LogP contribution in [0.1, 0.15) is 44.2 Å². The summed E-state index contributed by atoms with van der Waals surface area (Å²) in [6, 6.07) is 8.67. The second-order valence-corrected chi connectivity index (χ2v) is 10.1. The van der Waals surface area contributed by atoms with Crippen molar-refractivity contribution in [1.29, 1.82) is 0 Å². The fourth-order valence-corrected chi connectivity index (χ4v) is 6.07. The lowest BCUT2D eigenvalue weighted by Gasteiger charge is -2.37. The van der Waals surface area contributed by atoms with E-state index in [1.165, 1.54) is 11.1 Å². The highest BCUT2D eigenvalue weighted by Crippen LogP contribution is 2.23. The molecule has 2 saturated heterocycles. The molecule has 0 amide bonds. The van der Waals surface area contributed by atoms with Crippen molar-refractivity contribution >= 4 is 10.2 Å². The Morgan fingerprint density at radius 2 is 1.77 bits per heavy atom. The topological polar surface area (TPSA) is 52.7 Å². The monoisotopic (exact) mass is 379 g/mol.